The number of aromatic nitrogens is 6. The van der Waals surface area contributed by atoms with Crippen LogP contribution in [0.1, 0.15) is 137 Å². The van der Waals surface area contributed by atoms with Crippen LogP contribution in [0.2, 0.25) is 0 Å². The third-order valence-corrected chi connectivity index (χ3v) is 15.7. The number of hydroxylamine groups is 1. The Hall–Kier alpha value is -8.12. The zero-order valence-corrected chi connectivity index (χ0v) is 47.0. The summed E-state index contributed by atoms with van der Waals surface area (Å²) in [6.07, 6.45) is 1.76. The number of nitrogens with two attached hydrogens (primary N) is 1. The van der Waals surface area contributed by atoms with Crippen molar-refractivity contribution < 1.29 is 34.0 Å². The number of nitrogens with zero attached hydrogens (tertiary/aromatic N) is 8. The summed E-state index contributed by atoms with van der Waals surface area (Å²) >= 11 is 0. The molecule has 4 heterocycles. The molecule has 0 fully saturated rings. The van der Waals surface area contributed by atoms with Crippen molar-refractivity contribution in [2.75, 3.05) is 27.3 Å². The van der Waals surface area contributed by atoms with Crippen molar-refractivity contribution >= 4 is 45.8 Å². The van der Waals surface area contributed by atoms with Crippen molar-refractivity contribution in [2.45, 2.75) is 119 Å². The van der Waals surface area contributed by atoms with Crippen LogP contribution < -0.4 is 11.4 Å². The first-order valence-corrected chi connectivity index (χ1v) is 26.9. The zero-order valence-electron chi connectivity index (χ0n) is 47.0. The normalized spacial score (nSPS) is 13.6. The number of aryl methyl sites for hydroxylation is 8. The number of fused-ring (bicyclic) bond motifs is 4. The summed E-state index contributed by atoms with van der Waals surface area (Å²) in [5.74, 6) is 2.82. The second kappa shape index (κ2) is 25.1. The van der Waals surface area contributed by atoms with Crippen LogP contribution in [0.4, 0.5) is 0 Å². The van der Waals surface area contributed by atoms with E-state index in [-0.39, 0.29) is 42.4 Å². The van der Waals surface area contributed by atoms with E-state index in [1.54, 1.807) is 0 Å². The molecule has 0 radical (unpaired) electrons. The van der Waals surface area contributed by atoms with E-state index in [0.717, 1.165) is 109 Å². The first kappa shape index (κ1) is 57.1. The summed E-state index contributed by atoms with van der Waals surface area (Å²) in [7, 11) is 2.84. The maximum absolute atomic E-state index is 13.4. The van der Waals surface area contributed by atoms with Gasteiger partial charge in [-0.2, -0.15) is 0 Å². The molecule has 0 aliphatic carbocycles. The van der Waals surface area contributed by atoms with E-state index in [2.05, 4.69) is 80.2 Å². The number of carboxylic acid groups (broad SMARTS) is 1. The Morgan fingerprint density at radius 2 is 1.01 bits per heavy atom. The van der Waals surface area contributed by atoms with Gasteiger partial charge in [0.1, 0.15) is 11.0 Å². The van der Waals surface area contributed by atoms with Crippen LogP contribution in [0.15, 0.2) is 97.1 Å². The smallest absolute Gasteiger partial charge is 0.304 e. The Balaban J connectivity index is 0.000000199. The van der Waals surface area contributed by atoms with Crippen LogP contribution in [0, 0.1) is 41.5 Å². The fourth-order valence-corrected chi connectivity index (χ4v) is 11.0. The Morgan fingerprint density at radius 1 is 0.582 bits per heavy atom. The zero-order chi connectivity index (χ0) is 56.7. The SMILES string of the molecule is CCn1nnc2c(C)c([C@@H](CC(=O)NOC)c3ccc4c(c3)CN(C(=O)c3ccc(C)c(C)c3)CC4)ccc21.CCn1nnc2c(C)c([C@@H](CC(=O)O)c3ccc4c(c3)CN(C(=O)c3ccc(C)c(C)c3)CC4)ccc21.CON. The molecule has 2 aliphatic heterocycles. The van der Waals surface area contributed by atoms with Crippen LogP contribution in [0.3, 0.4) is 0 Å². The number of carboxylic acids is 1. The number of hydrogen-bond acceptors (Lipinski definition) is 11. The lowest BCUT2D eigenvalue weighted by Crippen LogP contribution is -2.36. The van der Waals surface area contributed by atoms with E-state index in [4.69, 9.17) is 4.84 Å². The van der Waals surface area contributed by atoms with Gasteiger partial charge in [-0.3, -0.25) is 24.0 Å². The van der Waals surface area contributed by atoms with Gasteiger partial charge in [-0.25, -0.2) is 20.7 Å². The van der Waals surface area contributed by atoms with Crippen LogP contribution in [-0.2, 0) is 58.3 Å². The van der Waals surface area contributed by atoms with Crippen molar-refractivity contribution in [1.82, 2.24) is 45.3 Å². The molecule has 0 bridgehead atoms. The van der Waals surface area contributed by atoms with E-state index in [9.17, 15) is 24.3 Å². The monoisotopic (exact) mass is 1070 g/mol. The average Bonchev–Trinajstić information content (AvgIpc) is 4.25. The Bertz CT molecular complexity index is 3570. The molecular formula is C62H72N10O7. The highest BCUT2D eigenvalue weighted by Gasteiger charge is 2.29. The standard InChI is InChI=1S/C31H35N5O3.C30H32N4O3.CH5NO/c1-6-36-28-12-11-26(21(4)30(28)32-34-36)27(17-29(37)33-39-5)23-10-9-22-13-14-35(18-25(22)16-23)31(38)24-8-7-19(2)20(3)15-24;1-5-34-27-11-10-25(20(4)29(27)31-32-34)26(16-28(35)36)22-9-8-21-12-13-33(17-24(21)15-22)30(37)23-7-6-18(2)19(3)14-23;1-3-2/h7-12,15-16,27H,6,13-14,17-18H2,1-5H3,(H,33,37);6-11,14-15,26H,5,12-13,16-17H2,1-4H3,(H,35,36);2H2,1H3/t27-;26-;/m00./s1. The predicted molar refractivity (Wildman–Crippen MR) is 304 cm³/mol. The molecule has 17 nitrogen and oxygen atoms in total. The van der Waals surface area contributed by atoms with Gasteiger partial charge < -0.3 is 19.7 Å². The fraction of sp³-hybridized carbons (Fsp3) is 0.355. The van der Waals surface area contributed by atoms with Crippen LogP contribution in [0.25, 0.3) is 22.1 Å². The van der Waals surface area contributed by atoms with Gasteiger partial charge in [-0.05, 0) is 183 Å². The molecule has 2 aromatic heterocycles. The number of hydrogen-bond donors (Lipinski definition) is 3. The number of amides is 3. The highest BCUT2D eigenvalue weighted by atomic mass is 16.6. The van der Waals surface area contributed by atoms with Gasteiger partial charge in [-0.1, -0.05) is 71.1 Å². The molecule has 17 heteroatoms. The first-order chi connectivity index (χ1) is 38.0. The molecule has 79 heavy (non-hydrogen) atoms. The number of carbonyl (C=O) groups is 4. The number of benzene rings is 6. The Morgan fingerprint density at radius 3 is 1.41 bits per heavy atom. The average molecular weight is 1070 g/mol. The molecule has 0 unspecified atom stereocenters. The highest BCUT2D eigenvalue weighted by molar-refractivity contribution is 5.95. The minimum absolute atomic E-state index is 0.0292. The van der Waals surface area contributed by atoms with E-state index >= 15 is 0 Å². The van der Waals surface area contributed by atoms with Gasteiger partial charge in [0.2, 0.25) is 5.91 Å². The third-order valence-electron chi connectivity index (χ3n) is 15.7. The Kier molecular flexibility index (Phi) is 18.1. The molecule has 4 N–H and O–H groups in total. The summed E-state index contributed by atoms with van der Waals surface area (Å²) in [6, 6.07) is 32.5. The van der Waals surface area contributed by atoms with Gasteiger partial charge >= 0.3 is 5.97 Å². The topological polar surface area (TPSA) is 213 Å². The minimum Gasteiger partial charge on any atom is -0.481 e. The number of aliphatic carboxylic acids is 1. The molecule has 2 atom stereocenters. The number of nitrogens with one attached hydrogen (secondary N) is 1. The van der Waals surface area contributed by atoms with Crippen LogP contribution in [0.5, 0.6) is 0 Å². The highest BCUT2D eigenvalue weighted by Crippen LogP contribution is 2.37. The molecule has 10 rings (SSSR count). The van der Waals surface area contributed by atoms with Gasteiger partial charge in [0.25, 0.3) is 11.8 Å². The van der Waals surface area contributed by atoms with Crippen LogP contribution >= 0.6 is 0 Å². The largest absolute Gasteiger partial charge is 0.481 e. The van der Waals surface area contributed by atoms with E-state index < -0.39 is 5.97 Å². The van der Waals surface area contributed by atoms with Crippen LogP contribution in [-0.4, -0.2) is 95.9 Å². The summed E-state index contributed by atoms with van der Waals surface area (Å²) in [5, 5.41) is 27.1. The van der Waals surface area contributed by atoms with Gasteiger partial charge in [0.05, 0.1) is 31.7 Å². The van der Waals surface area contributed by atoms with Crippen molar-refractivity contribution in [3.05, 3.63) is 186 Å². The minimum atomic E-state index is -0.856. The third kappa shape index (κ3) is 12.4. The maximum Gasteiger partial charge on any atom is 0.304 e. The van der Waals surface area contributed by atoms with E-state index in [1.165, 1.54) is 36.5 Å². The Labute approximate surface area is 461 Å². The molecule has 6 aromatic carbocycles. The molecule has 412 valence electrons. The summed E-state index contributed by atoms with van der Waals surface area (Å²) in [5.41, 5.74) is 22.5. The quantitative estimate of drug-likeness (QED) is 0.0922. The van der Waals surface area contributed by atoms with Crippen molar-refractivity contribution in [3.63, 3.8) is 0 Å². The molecule has 3 amide bonds. The summed E-state index contributed by atoms with van der Waals surface area (Å²) < 4.78 is 3.72. The van der Waals surface area contributed by atoms with Gasteiger partial charge in [-0.15, -0.1) is 10.2 Å². The predicted octanol–water partition coefficient (Wildman–Crippen LogP) is 9.46. The molecule has 0 saturated carbocycles. The second-order valence-electron chi connectivity index (χ2n) is 20.6. The van der Waals surface area contributed by atoms with E-state index in [0.29, 0.717) is 31.7 Å². The number of carbonyl (C=O) groups excluding carboxylic acids is 3. The molecule has 0 spiro atoms. The summed E-state index contributed by atoms with van der Waals surface area (Å²) in [6.45, 7) is 20.1. The fourth-order valence-electron chi connectivity index (χ4n) is 11.0. The number of rotatable bonds is 13. The second-order valence-corrected chi connectivity index (χ2v) is 20.6. The first-order valence-electron chi connectivity index (χ1n) is 26.9. The lowest BCUT2D eigenvalue weighted by molar-refractivity contribution is -0.137. The van der Waals surface area contributed by atoms with Gasteiger partial charge in [0.15, 0.2) is 0 Å². The lowest BCUT2D eigenvalue weighted by Gasteiger charge is -2.30. The molecule has 0 saturated heterocycles. The van der Waals surface area contributed by atoms with Gasteiger partial charge in [0, 0.05) is 68.7 Å². The molecular weight excluding hydrogens is 997 g/mol. The van der Waals surface area contributed by atoms with Crippen molar-refractivity contribution in [3.8, 4) is 0 Å². The van der Waals surface area contributed by atoms with Crippen molar-refractivity contribution in [2.24, 2.45) is 5.90 Å². The lowest BCUT2D eigenvalue weighted by atomic mass is 9.83. The maximum atomic E-state index is 13.4. The van der Waals surface area contributed by atoms with E-state index in [1.807, 2.05) is 128 Å². The molecule has 2 aliphatic rings. The van der Waals surface area contributed by atoms with Crippen molar-refractivity contribution in [1.29, 1.82) is 0 Å². The molecule has 8 aromatic rings. The summed E-state index contributed by atoms with van der Waals surface area (Å²) in [4.78, 5) is 63.8.